The van der Waals surface area contributed by atoms with Crippen LogP contribution in [0.3, 0.4) is 0 Å². The maximum atomic E-state index is 11.2. The van der Waals surface area contributed by atoms with E-state index < -0.39 is 7.12 Å². The molecule has 1 aliphatic rings. The molecule has 0 spiro atoms. The summed E-state index contributed by atoms with van der Waals surface area (Å²) in [4.78, 5) is 11.2. The van der Waals surface area contributed by atoms with E-state index >= 15 is 0 Å². The van der Waals surface area contributed by atoms with Crippen LogP contribution in [-0.4, -0.2) is 24.2 Å². The summed E-state index contributed by atoms with van der Waals surface area (Å²) < 4.78 is 18.0. The van der Waals surface area contributed by atoms with Crippen molar-refractivity contribution in [1.82, 2.24) is 5.32 Å². The van der Waals surface area contributed by atoms with Crippen molar-refractivity contribution >= 4 is 29.5 Å². The van der Waals surface area contributed by atoms with E-state index in [2.05, 4.69) is 5.32 Å². The number of furan rings is 1. The standard InChI is InChI=1S/C18H24BNO4/c1-11(20-12(2)21)16-10-13-9-14(7-8-15(13)22-16)19-23-17(3,4)18(5,6)24-19/h7-11H,1-6H3,(H,20,21). The molecule has 1 fully saturated rings. The Hall–Kier alpha value is -1.79. The number of carbonyl (C=O) groups excluding carboxylic acids is 1. The molecule has 1 aromatic carbocycles. The van der Waals surface area contributed by atoms with Crippen molar-refractivity contribution in [3.05, 3.63) is 30.0 Å². The Balaban J connectivity index is 1.88. The van der Waals surface area contributed by atoms with Crippen LogP contribution in [0.25, 0.3) is 11.0 Å². The monoisotopic (exact) mass is 329 g/mol. The molecule has 0 bridgehead atoms. The zero-order valence-corrected chi connectivity index (χ0v) is 15.1. The summed E-state index contributed by atoms with van der Waals surface area (Å²) >= 11 is 0. The number of hydrogen-bond donors (Lipinski definition) is 1. The topological polar surface area (TPSA) is 60.7 Å². The van der Waals surface area contributed by atoms with Gasteiger partial charge in [-0.25, -0.2) is 0 Å². The van der Waals surface area contributed by atoms with Crippen molar-refractivity contribution in [1.29, 1.82) is 0 Å². The van der Waals surface area contributed by atoms with E-state index in [1.807, 2.05) is 58.9 Å². The van der Waals surface area contributed by atoms with Crippen LogP contribution in [0.4, 0.5) is 0 Å². The van der Waals surface area contributed by atoms with Gasteiger partial charge in [0, 0.05) is 12.3 Å². The first-order valence-electron chi connectivity index (χ1n) is 8.25. The molecule has 2 heterocycles. The summed E-state index contributed by atoms with van der Waals surface area (Å²) in [5.41, 5.74) is 1.01. The van der Waals surface area contributed by atoms with Crippen molar-refractivity contribution in [2.45, 2.75) is 58.8 Å². The Morgan fingerprint density at radius 2 is 1.75 bits per heavy atom. The highest BCUT2D eigenvalue weighted by atomic mass is 16.7. The third-order valence-corrected chi connectivity index (χ3v) is 4.93. The van der Waals surface area contributed by atoms with E-state index in [9.17, 15) is 4.79 Å². The first-order chi connectivity index (χ1) is 11.1. The van der Waals surface area contributed by atoms with Gasteiger partial charge in [0.2, 0.25) is 5.91 Å². The number of amides is 1. The molecule has 0 saturated carbocycles. The molecule has 1 atom stereocenters. The maximum absolute atomic E-state index is 11.2. The summed E-state index contributed by atoms with van der Waals surface area (Å²) in [7, 11) is -0.398. The van der Waals surface area contributed by atoms with Gasteiger partial charge >= 0.3 is 7.12 Å². The van der Waals surface area contributed by atoms with Gasteiger partial charge in [-0.1, -0.05) is 12.1 Å². The van der Waals surface area contributed by atoms with Gasteiger partial charge < -0.3 is 19.0 Å². The smallest absolute Gasteiger partial charge is 0.459 e. The van der Waals surface area contributed by atoms with Gasteiger partial charge in [-0.3, -0.25) is 4.79 Å². The first-order valence-corrected chi connectivity index (χ1v) is 8.25. The van der Waals surface area contributed by atoms with Crippen LogP contribution in [-0.2, 0) is 14.1 Å². The number of benzene rings is 1. The fourth-order valence-electron chi connectivity index (χ4n) is 2.80. The summed E-state index contributed by atoms with van der Waals surface area (Å²) in [6, 6.07) is 7.67. The Labute approximate surface area is 142 Å². The summed E-state index contributed by atoms with van der Waals surface area (Å²) in [5.74, 6) is 0.645. The normalized spacial score (nSPS) is 20.3. The second kappa shape index (κ2) is 5.64. The molecule has 128 valence electrons. The molecule has 1 aliphatic heterocycles. The number of hydrogen-bond acceptors (Lipinski definition) is 4. The molecule has 2 aromatic rings. The molecule has 3 rings (SSSR count). The number of carbonyl (C=O) groups is 1. The van der Waals surface area contributed by atoms with E-state index in [-0.39, 0.29) is 23.2 Å². The highest BCUT2D eigenvalue weighted by Gasteiger charge is 2.51. The van der Waals surface area contributed by atoms with Gasteiger partial charge in [0.25, 0.3) is 0 Å². The Kier molecular flexibility index (Phi) is 4.01. The van der Waals surface area contributed by atoms with Gasteiger partial charge in [0.1, 0.15) is 11.3 Å². The van der Waals surface area contributed by atoms with E-state index in [0.29, 0.717) is 0 Å². The van der Waals surface area contributed by atoms with Crippen molar-refractivity contribution in [2.75, 3.05) is 0 Å². The first kappa shape index (κ1) is 17.1. The Morgan fingerprint density at radius 1 is 1.12 bits per heavy atom. The van der Waals surface area contributed by atoms with Crippen LogP contribution in [0.15, 0.2) is 28.7 Å². The second-order valence-electron chi connectivity index (χ2n) is 7.46. The van der Waals surface area contributed by atoms with Gasteiger partial charge in [0.05, 0.1) is 17.2 Å². The molecular weight excluding hydrogens is 305 g/mol. The van der Waals surface area contributed by atoms with Crippen LogP contribution >= 0.6 is 0 Å². The van der Waals surface area contributed by atoms with Gasteiger partial charge in [0.15, 0.2) is 0 Å². The maximum Gasteiger partial charge on any atom is 0.494 e. The van der Waals surface area contributed by atoms with E-state index in [4.69, 9.17) is 13.7 Å². The zero-order valence-electron chi connectivity index (χ0n) is 15.1. The second-order valence-corrected chi connectivity index (χ2v) is 7.46. The minimum atomic E-state index is -0.398. The van der Waals surface area contributed by atoms with Crippen LogP contribution in [0.5, 0.6) is 0 Å². The number of fused-ring (bicyclic) bond motifs is 1. The lowest BCUT2D eigenvalue weighted by atomic mass is 9.79. The van der Waals surface area contributed by atoms with Crippen molar-refractivity contribution < 1.29 is 18.5 Å². The Bertz CT molecular complexity index is 764. The fraction of sp³-hybridized carbons (Fsp3) is 0.500. The average Bonchev–Trinajstić information content (AvgIpc) is 2.96. The largest absolute Gasteiger partial charge is 0.494 e. The van der Waals surface area contributed by atoms with E-state index in [1.54, 1.807) is 0 Å². The minimum absolute atomic E-state index is 0.0825. The summed E-state index contributed by atoms with van der Waals surface area (Å²) in [6.45, 7) is 11.5. The quantitative estimate of drug-likeness (QED) is 0.880. The van der Waals surface area contributed by atoms with Gasteiger partial charge in [-0.05, 0) is 52.2 Å². The molecule has 1 saturated heterocycles. The van der Waals surface area contributed by atoms with E-state index in [0.717, 1.165) is 22.2 Å². The average molecular weight is 329 g/mol. The third-order valence-electron chi connectivity index (χ3n) is 4.93. The number of nitrogens with one attached hydrogen (secondary N) is 1. The lowest BCUT2D eigenvalue weighted by Gasteiger charge is -2.32. The summed E-state index contributed by atoms with van der Waals surface area (Å²) in [6.07, 6.45) is 0. The van der Waals surface area contributed by atoms with Crippen molar-refractivity contribution in [2.24, 2.45) is 0 Å². The van der Waals surface area contributed by atoms with Gasteiger partial charge in [-0.15, -0.1) is 0 Å². The molecule has 5 nitrogen and oxygen atoms in total. The molecule has 1 N–H and O–H groups in total. The predicted molar refractivity (Wildman–Crippen MR) is 94.2 cm³/mol. The number of rotatable bonds is 3. The fourth-order valence-corrected chi connectivity index (χ4v) is 2.80. The molecule has 6 heteroatoms. The highest BCUT2D eigenvalue weighted by Crippen LogP contribution is 2.36. The summed E-state index contributed by atoms with van der Waals surface area (Å²) in [5, 5.41) is 3.80. The predicted octanol–water partition coefficient (Wildman–Crippen LogP) is 2.93. The lowest BCUT2D eigenvalue weighted by Crippen LogP contribution is -2.41. The SMILES string of the molecule is CC(=O)NC(C)c1cc2cc(B3OC(C)(C)C(C)(C)O3)ccc2o1. The third kappa shape index (κ3) is 2.96. The van der Waals surface area contributed by atoms with Crippen LogP contribution in [0, 0.1) is 0 Å². The molecule has 1 amide bonds. The molecule has 24 heavy (non-hydrogen) atoms. The Morgan fingerprint density at radius 3 is 2.33 bits per heavy atom. The highest BCUT2D eigenvalue weighted by molar-refractivity contribution is 6.62. The molecule has 0 aliphatic carbocycles. The molecular formula is C18H24BNO4. The van der Waals surface area contributed by atoms with Crippen LogP contribution in [0.1, 0.15) is 53.3 Å². The molecule has 1 unspecified atom stereocenters. The van der Waals surface area contributed by atoms with E-state index in [1.165, 1.54) is 6.92 Å². The van der Waals surface area contributed by atoms with Crippen LogP contribution in [0.2, 0.25) is 0 Å². The van der Waals surface area contributed by atoms with Crippen molar-refractivity contribution in [3.8, 4) is 0 Å². The van der Waals surface area contributed by atoms with Crippen molar-refractivity contribution in [3.63, 3.8) is 0 Å². The molecule has 0 radical (unpaired) electrons. The van der Waals surface area contributed by atoms with Gasteiger partial charge in [-0.2, -0.15) is 0 Å². The minimum Gasteiger partial charge on any atom is -0.459 e. The lowest BCUT2D eigenvalue weighted by molar-refractivity contribution is -0.119. The van der Waals surface area contributed by atoms with Crippen LogP contribution < -0.4 is 10.8 Å². The zero-order chi connectivity index (χ0) is 17.7. The molecule has 1 aromatic heterocycles.